The molecule has 0 fully saturated rings. The summed E-state index contributed by atoms with van der Waals surface area (Å²) >= 11 is 1.39. The lowest BCUT2D eigenvalue weighted by Gasteiger charge is -2.12. The topological polar surface area (TPSA) is 77.8 Å². The van der Waals surface area contributed by atoms with Crippen LogP contribution in [0.1, 0.15) is 16.7 Å². The van der Waals surface area contributed by atoms with Crippen LogP contribution in [0, 0.1) is 32.1 Å². The molecule has 2 N–H and O–H groups in total. The van der Waals surface area contributed by atoms with Crippen LogP contribution in [0.5, 0.6) is 0 Å². The summed E-state index contributed by atoms with van der Waals surface area (Å²) in [5.74, 6) is -0.443. The number of nitrogens with one attached hydrogen (secondary N) is 2. The van der Waals surface area contributed by atoms with Crippen molar-refractivity contribution in [3.63, 3.8) is 0 Å². The van der Waals surface area contributed by atoms with Crippen LogP contribution in [0.25, 0.3) is 0 Å². The molecule has 0 saturated heterocycles. The smallest absolute Gasteiger partial charge is 0.267 e. The number of nitrogens with zero attached hydrogens (tertiary/aromatic N) is 2. The van der Waals surface area contributed by atoms with E-state index in [1.54, 1.807) is 11.6 Å². The lowest BCUT2D eigenvalue weighted by Crippen LogP contribution is -2.16. The molecule has 0 saturated carbocycles. The van der Waals surface area contributed by atoms with E-state index in [9.17, 15) is 4.79 Å². The van der Waals surface area contributed by atoms with Gasteiger partial charge in [-0.2, -0.15) is 5.26 Å². The molecule has 1 aromatic heterocycles. The highest BCUT2D eigenvalue weighted by atomic mass is 32.1. The van der Waals surface area contributed by atoms with Gasteiger partial charge in [0, 0.05) is 23.5 Å². The van der Waals surface area contributed by atoms with Gasteiger partial charge in [-0.25, -0.2) is 4.98 Å². The first-order valence-corrected chi connectivity index (χ1v) is 7.54. The number of carbonyl (C=O) groups is 1. The van der Waals surface area contributed by atoms with Gasteiger partial charge in [-0.05, 0) is 31.9 Å². The Bertz CT molecular complexity index is 734. The van der Waals surface area contributed by atoms with Crippen molar-refractivity contribution < 1.29 is 4.79 Å². The van der Waals surface area contributed by atoms with Crippen molar-refractivity contribution in [3.8, 4) is 6.07 Å². The Morgan fingerprint density at radius 3 is 2.55 bits per heavy atom. The second-order valence-corrected chi connectivity index (χ2v) is 5.77. The molecule has 5 nitrogen and oxygen atoms in total. The van der Waals surface area contributed by atoms with Crippen LogP contribution in [0.15, 0.2) is 35.5 Å². The minimum Gasteiger partial charge on any atom is -0.337 e. The summed E-state index contributed by atoms with van der Waals surface area (Å²) < 4.78 is 0. The average Bonchev–Trinajstić information content (AvgIpc) is 2.96. The average molecular weight is 312 g/mol. The largest absolute Gasteiger partial charge is 0.337 e. The molecule has 0 aliphatic heterocycles. The van der Waals surface area contributed by atoms with E-state index in [-0.39, 0.29) is 5.57 Å². The first-order valence-electron chi connectivity index (χ1n) is 6.66. The maximum absolute atomic E-state index is 12.2. The summed E-state index contributed by atoms with van der Waals surface area (Å²) in [6.45, 7) is 5.86. The van der Waals surface area contributed by atoms with E-state index in [1.165, 1.54) is 17.5 Å². The summed E-state index contributed by atoms with van der Waals surface area (Å²) in [5, 5.41) is 17.2. The Labute approximate surface area is 133 Å². The van der Waals surface area contributed by atoms with Gasteiger partial charge in [0.25, 0.3) is 5.91 Å². The lowest BCUT2D eigenvalue weighted by molar-refractivity contribution is -0.112. The number of anilines is 2. The minimum absolute atomic E-state index is 0.00502. The molecule has 0 bridgehead atoms. The second-order valence-electron chi connectivity index (χ2n) is 4.88. The van der Waals surface area contributed by atoms with Crippen LogP contribution in [0.2, 0.25) is 0 Å². The van der Waals surface area contributed by atoms with E-state index in [2.05, 4.69) is 15.6 Å². The van der Waals surface area contributed by atoms with E-state index in [1.807, 2.05) is 39.0 Å². The number of benzene rings is 1. The Hall–Kier alpha value is -2.65. The predicted molar refractivity (Wildman–Crippen MR) is 88.7 cm³/mol. The lowest BCUT2D eigenvalue weighted by atomic mass is 10.0. The van der Waals surface area contributed by atoms with Crippen LogP contribution in [-0.4, -0.2) is 10.9 Å². The zero-order valence-electron chi connectivity index (χ0n) is 12.6. The normalized spacial score (nSPS) is 10.9. The maximum atomic E-state index is 12.2. The number of hydrogen-bond acceptors (Lipinski definition) is 5. The standard InChI is InChI=1S/C16H16N4OS/c1-10-6-11(2)14(12(3)7-10)20-15(21)13(8-17)9-19-16-18-4-5-22-16/h4-7,9H,1-3H3,(H,18,19)(H,20,21)/b13-9-. The van der Waals surface area contributed by atoms with E-state index < -0.39 is 5.91 Å². The number of hydrogen-bond donors (Lipinski definition) is 2. The minimum atomic E-state index is -0.443. The van der Waals surface area contributed by atoms with Crippen molar-refractivity contribution in [1.82, 2.24) is 4.98 Å². The van der Waals surface area contributed by atoms with Gasteiger partial charge in [-0.15, -0.1) is 11.3 Å². The van der Waals surface area contributed by atoms with Crippen LogP contribution < -0.4 is 10.6 Å². The molecule has 22 heavy (non-hydrogen) atoms. The first-order chi connectivity index (χ1) is 10.5. The SMILES string of the molecule is Cc1cc(C)c(NC(=O)/C(C#N)=C\Nc2nccs2)c(C)c1. The quantitative estimate of drug-likeness (QED) is 0.669. The second kappa shape index (κ2) is 6.87. The fourth-order valence-corrected chi connectivity index (χ4v) is 2.63. The summed E-state index contributed by atoms with van der Waals surface area (Å²) in [4.78, 5) is 16.3. The summed E-state index contributed by atoms with van der Waals surface area (Å²) in [6, 6.07) is 5.88. The molecule has 1 amide bonds. The first kappa shape index (κ1) is 15.7. The van der Waals surface area contributed by atoms with Gasteiger partial charge in [0.05, 0.1) is 0 Å². The summed E-state index contributed by atoms with van der Waals surface area (Å²) in [6.07, 6.45) is 3.01. The van der Waals surface area contributed by atoms with Gasteiger partial charge in [0.2, 0.25) is 0 Å². The number of rotatable bonds is 4. The van der Waals surface area contributed by atoms with Crippen LogP contribution in [0.4, 0.5) is 10.8 Å². The molecule has 0 aliphatic carbocycles. The molecule has 6 heteroatoms. The highest BCUT2D eigenvalue weighted by Gasteiger charge is 2.12. The van der Waals surface area contributed by atoms with Gasteiger partial charge < -0.3 is 10.6 Å². The maximum Gasteiger partial charge on any atom is 0.267 e. The van der Waals surface area contributed by atoms with Crippen molar-refractivity contribution in [3.05, 3.63) is 52.2 Å². The number of aryl methyl sites for hydroxylation is 3. The molecule has 1 aromatic carbocycles. The van der Waals surface area contributed by atoms with E-state index in [0.29, 0.717) is 5.13 Å². The Morgan fingerprint density at radius 1 is 1.32 bits per heavy atom. The number of carbonyl (C=O) groups excluding carboxylic acids is 1. The molecule has 112 valence electrons. The van der Waals surface area contributed by atoms with Crippen molar-refractivity contribution >= 4 is 28.1 Å². The van der Waals surface area contributed by atoms with E-state index in [4.69, 9.17) is 5.26 Å². The third-order valence-corrected chi connectivity index (χ3v) is 3.76. The zero-order valence-corrected chi connectivity index (χ0v) is 13.4. The fourth-order valence-electron chi connectivity index (χ4n) is 2.14. The Balaban J connectivity index is 2.17. The monoisotopic (exact) mass is 312 g/mol. The Kier molecular flexibility index (Phi) is 4.92. The van der Waals surface area contributed by atoms with Gasteiger partial charge in [0.1, 0.15) is 11.6 Å². The van der Waals surface area contributed by atoms with E-state index in [0.717, 1.165) is 22.4 Å². The van der Waals surface area contributed by atoms with Crippen LogP contribution in [-0.2, 0) is 4.79 Å². The van der Waals surface area contributed by atoms with Crippen molar-refractivity contribution in [2.75, 3.05) is 10.6 Å². The molecule has 0 aliphatic rings. The molecule has 0 unspecified atom stereocenters. The predicted octanol–water partition coefficient (Wildman–Crippen LogP) is 3.53. The molecule has 1 heterocycles. The molecule has 0 radical (unpaired) electrons. The van der Waals surface area contributed by atoms with Gasteiger partial charge in [0.15, 0.2) is 5.13 Å². The molecule has 2 rings (SSSR count). The number of aromatic nitrogens is 1. The number of nitriles is 1. The molecular formula is C16H16N4OS. The van der Waals surface area contributed by atoms with Gasteiger partial charge >= 0.3 is 0 Å². The third kappa shape index (κ3) is 3.71. The van der Waals surface area contributed by atoms with Crippen molar-refractivity contribution in [1.29, 1.82) is 5.26 Å². The van der Waals surface area contributed by atoms with Crippen molar-refractivity contribution in [2.24, 2.45) is 0 Å². The zero-order chi connectivity index (χ0) is 16.1. The van der Waals surface area contributed by atoms with Crippen molar-refractivity contribution in [2.45, 2.75) is 20.8 Å². The third-order valence-electron chi connectivity index (χ3n) is 3.05. The van der Waals surface area contributed by atoms with Crippen LogP contribution >= 0.6 is 11.3 Å². The highest BCUT2D eigenvalue weighted by Crippen LogP contribution is 2.22. The Morgan fingerprint density at radius 2 is 2.00 bits per heavy atom. The highest BCUT2D eigenvalue weighted by molar-refractivity contribution is 7.13. The number of amides is 1. The van der Waals surface area contributed by atoms with Gasteiger partial charge in [-0.3, -0.25) is 4.79 Å². The van der Waals surface area contributed by atoms with Gasteiger partial charge in [-0.1, -0.05) is 17.7 Å². The molecule has 0 spiro atoms. The summed E-state index contributed by atoms with van der Waals surface area (Å²) in [5.41, 5.74) is 3.81. The number of thiazole rings is 1. The van der Waals surface area contributed by atoms with E-state index >= 15 is 0 Å². The fraction of sp³-hybridized carbons (Fsp3) is 0.188. The molecular weight excluding hydrogens is 296 g/mol. The molecule has 0 atom stereocenters. The van der Waals surface area contributed by atoms with Crippen LogP contribution in [0.3, 0.4) is 0 Å². The summed E-state index contributed by atoms with van der Waals surface area (Å²) in [7, 11) is 0. The molecule has 2 aromatic rings.